The quantitative estimate of drug-likeness (QED) is 0.385. The van der Waals surface area contributed by atoms with E-state index in [4.69, 9.17) is 4.74 Å². The van der Waals surface area contributed by atoms with Gasteiger partial charge in [0.1, 0.15) is 11.6 Å². The summed E-state index contributed by atoms with van der Waals surface area (Å²) in [5.41, 5.74) is -2.13. The Kier molecular flexibility index (Phi) is 8.34. The number of alkyl halides is 3. The van der Waals surface area contributed by atoms with Crippen molar-refractivity contribution in [3.8, 4) is 17.1 Å². The minimum Gasteiger partial charge on any atom is -0.477 e. The molecule has 0 radical (unpaired) electrons. The molecular weight excluding hydrogens is 503 g/mol. The third-order valence-corrected chi connectivity index (χ3v) is 5.89. The zero-order chi connectivity index (χ0) is 26.3. The van der Waals surface area contributed by atoms with Gasteiger partial charge in [0.05, 0.1) is 30.4 Å². The molecule has 0 aliphatic rings. The number of carbonyl (C=O) groups excluding carboxylic acids is 1. The normalized spacial score (nSPS) is 13.2. The summed E-state index contributed by atoms with van der Waals surface area (Å²) in [5.74, 6) is -2.89. The van der Waals surface area contributed by atoms with Crippen LogP contribution in [0.5, 0.6) is 5.88 Å². The van der Waals surface area contributed by atoms with E-state index in [0.29, 0.717) is 23.7 Å². The zero-order valence-corrected chi connectivity index (χ0v) is 20.0. The van der Waals surface area contributed by atoms with E-state index in [1.165, 1.54) is 31.6 Å². The molecule has 11 nitrogen and oxygen atoms in total. The van der Waals surface area contributed by atoms with Gasteiger partial charge in [-0.05, 0) is 31.5 Å². The number of carbonyl (C=O) groups is 1. The molecule has 192 valence electrons. The Morgan fingerprint density at radius 2 is 1.89 bits per heavy atom. The molecule has 2 N–H and O–H groups in total. The molecule has 3 aromatic heterocycles. The minimum absolute atomic E-state index is 0.0278. The van der Waals surface area contributed by atoms with Crippen molar-refractivity contribution < 1.29 is 31.1 Å². The number of hydrogen-bond acceptors (Lipinski definition) is 9. The fourth-order valence-corrected chi connectivity index (χ4v) is 3.76. The largest absolute Gasteiger partial charge is 0.477 e. The number of rotatable bonds is 11. The Labute approximate surface area is 204 Å². The maximum atomic E-state index is 15.8. The molecule has 3 rings (SSSR count). The molecule has 3 heterocycles. The lowest BCUT2D eigenvalue weighted by Gasteiger charge is -2.22. The highest BCUT2D eigenvalue weighted by atomic mass is 32.2. The lowest BCUT2D eigenvalue weighted by atomic mass is 9.97. The van der Waals surface area contributed by atoms with Gasteiger partial charge in [0, 0.05) is 18.0 Å². The second-order valence-electron chi connectivity index (χ2n) is 7.26. The second kappa shape index (κ2) is 11.2. The predicted octanol–water partition coefficient (Wildman–Crippen LogP) is 2.95. The number of anilines is 2. The van der Waals surface area contributed by atoms with E-state index in [1.807, 2.05) is 6.92 Å². The highest BCUT2D eigenvalue weighted by Gasteiger charge is 2.41. The summed E-state index contributed by atoms with van der Waals surface area (Å²) in [6, 6.07) is 4.10. The molecule has 0 aliphatic carbocycles. The van der Waals surface area contributed by atoms with Gasteiger partial charge in [0.25, 0.3) is 12.3 Å². The highest BCUT2D eigenvalue weighted by molar-refractivity contribution is 7.92. The van der Waals surface area contributed by atoms with Crippen molar-refractivity contribution in [3.05, 3.63) is 48.7 Å². The topological polar surface area (TPSA) is 149 Å². The first-order valence-corrected chi connectivity index (χ1v) is 12.2. The molecule has 0 saturated heterocycles. The van der Waals surface area contributed by atoms with Gasteiger partial charge < -0.3 is 10.1 Å². The fraction of sp³-hybridized carbons (Fsp3) is 0.333. The molecule has 1 unspecified atom stereocenters. The standard InChI is InChI=1S/C21H22F3N7O4S/c1-3-21(24,15-7-8-26-20(29-15)31-36(33,34)12-16(22)23)19(32)30-17-6-5-13(9-27-17)14-10-25-11-18(28-14)35-4-2/h5-11,16H,3-4,12H2,1-2H3,(H,26,29,31)(H,27,30,32). The average Bonchev–Trinajstić information content (AvgIpc) is 2.83. The van der Waals surface area contributed by atoms with Crippen LogP contribution in [0.1, 0.15) is 26.0 Å². The van der Waals surface area contributed by atoms with Crippen LogP contribution in [-0.2, 0) is 20.5 Å². The summed E-state index contributed by atoms with van der Waals surface area (Å²) in [4.78, 5) is 32.6. The van der Waals surface area contributed by atoms with Crippen molar-refractivity contribution in [3.63, 3.8) is 0 Å². The van der Waals surface area contributed by atoms with Crippen molar-refractivity contribution in [1.82, 2.24) is 24.9 Å². The van der Waals surface area contributed by atoms with Crippen LogP contribution < -0.4 is 14.8 Å². The van der Waals surface area contributed by atoms with Crippen LogP contribution >= 0.6 is 0 Å². The third kappa shape index (κ3) is 6.62. The van der Waals surface area contributed by atoms with Crippen LogP contribution in [0.15, 0.2) is 43.0 Å². The van der Waals surface area contributed by atoms with Crippen LogP contribution in [0.4, 0.5) is 24.9 Å². The smallest absolute Gasteiger partial charge is 0.269 e. The number of hydrogen-bond donors (Lipinski definition) is 2. The number of amides is 1. The molecule has 1 atom stereocenters. The van der Waals surface area contributed by atoms with Crippen molar-refractivity contribution >= 4 is 27.7 Å². The molecule has 0 spiro atoms. The molecule has 3 aromatic rings. The van der Waals surface area contributed by atoms with Gasteiger partial charge in [-0.15, -0.1) is 0 Å². The summed E-state index contributed by atoms with van der Waals surface area (Å²) in [6.07, 6.45) is 1.86. The summed E-state index contributed by atoms with van der Waals surface area (Å²) in [7, 11) is -4.48. The van der Waals surface area contributed by atoms with Gasteiger partial charge in [-0.25, -0.2) is 41.5 Å². The molecule has 1 amide bonds. The van der Waals surface area contributed by atoms with Crippen LogP contribution in [0, 0.1) is 0 Å². The van der Waals surface area contributed by atoms with Gasteiger partial charge >= 0.3 is 0 Å². The van der Waals surface area contributed by atoms with Gasteiger partial charge in [0.15, 0.2) is 0 Å². The molecule has 0 bridgehead atoms. The van der Waals surface area contributed by atoms with Crippen LogP contribution in [0.2, 0.25) is 0 Å². The van der Waals surface area contributed by atoms with Crippen LogP contribution in [0.25, 0.3) is 11.3 Å². The predicted molar refractivity (Wildman–Crippen MR) is 124 cm³/mol. The van der Waals surface area contributed by atoms with Gasteiger partial charge in [-0.2, -0.15) is 0 Å². The lowest BCUT2D eigenvalue weighted by Crippen LogP contribution is -2.37. The molecule has 15 heteroatoms. The number of nitrogens with one attached hydrogen (secondary N) is 2. The first-order chi connectivity index (χ1) is 17.1. The number of aromatic nitrogens is 5. The number of ether oxygens (including phenoxy) is 1. The lowest BCUT2D eigenvalue weighted by molar-refractivity contribution is -0.128. The van der Waals surface area contributed by atoms with Crippen molar-refractivity contribution in [1.29, 1.82) is 0 Å². The maximum Gasteiger partial charge on any atom is 0.269 e. The molecule has 0 fully saturated rings. The highest BCUT2D eigenvalue weighted by Crippen LogP contribution is 2.30. The van der Waals surface area contributed by atoms with E-state index in [1.54, 1.807) is 10.8 Å². The average molecular weight is 526 g/mol. The van der Waals surface area contributed by atoms with Gasteiger partial charge in [-0.3, -0.25) is 14.5 Å². The Hall–Kier alpha value is -3.88. The summed E-state index contributed by atoms with van der Waals surface area (Å²) in [6.45, 7) is 3.60. The van der Waals surface area contributed by atoms with E-state index >= 15 is 4.39 Å². The van der Waals surface area contributed by atoms with Gasteiger partial charge in [0.2, 0.25) is 27.5 Å². The Morgan fingerprint density at radius 1 is 1.11 bits per heavy atom. The number of nitrogens with zero attached hydrogens (tertiary/aromatic N) is 5. The van der Waals surface area contributed by atoms with Crippen LogP contribution in [-0.4, -0.2) is 58.0 Å². The monoisotopic (exact) mass is 525 g/mol. The first kappa shape index (κ1) is 26.7. The summed E-state index contributed by atoms with van der Waals surface area (Å²) >= 11 is 0. The third-order valence-electron chi connectivity index (χ3n) is 4.71. The maximum absolute atomic E-state index is 15.8. The van der Waals surface area contributed by atoms with Crippen molar-refractivity contribution in [2.45, 2.75) is 32.4 Å². The van der Waals surface area contributed by atoms with E-state index < -0.39 is 45.4 Å². The number of pyridine rings is 1. The molecule has 36 heavy (non-hydrogen) atoms. The SMILES string of the molecule is CCOc1cncc(-c2ccc(NC(=O)C(F)(CC)c3ccnc(NS(=O)(=O)CC(F)F)n3)nc2)n1. The van der Waals surface area contributed by atoms with E-state index in [2.05, 4.69) is 30.2 Å². The Morgan fingerprint density at radius 3 is 2.53 bits per heavy atom. The van der Waals surface area contributed by atoms with Crippen molar-refractivity contribution in [2.75, 3.05) is 22.4 Å². The molecular formula is C21H22F3N7O4S. The number of sulfonamides is 1. The molecule has 0 aromatic carbocycles. The first-order valence-electron chi connectivity index (χ1n) is 10.6. The zero-order valence-electron chi connectivity index (χ0n) is 19.2. The van der Waals surface area contributed by atoms with E-state index in [-0.39, 0.29) is 12.2 Å². The molecule has 0 aliphatic heterocycles. The van der Waals surface area contributed by atoms with Crippen molar-refractivity contribution in [2.24, 2.45) is 0 Å². The van der Waals surface area contributed by atoms with Crippen LogP contribution in [0.3, 0.4) is 0 Å². The Bertz CT molecular complexity index is 1310. The summed E-state index contributed by atoms with van der Waals surface area (Å²) < 4.78 is 71.2. The Balaban J connectivity index is 1.77. The number of halogens is 3. The fourth-order valence-electron chi connectivity index (χ4n) is 2.97. The second-order valence-corrected chi connectivity index (χ2v) is 9.02. The van der Waals surface area contributed by atoms with Gasteiger partial charge in [-0.1, -0.05) is 6.92 Å². The summed E-state index contributed by atoms with van der Waals surface area (Å²) in [5, 5.41) is 2.35. The minimum atomic E-state index is -4.48. The molecule has 0 saturated carbocycles. The van der Waals surface area contributed by atoms with E-state index in [0.717, 1.165) is 12.3 Å². The van der Waals surface area contributed by atoms with E-state index in [9.17, 15) is 22.0 Å².